The van der Waals surface area contributed by atoms with Crippen LogP contribution in [0.4, 0.5) is 5.69 Å². The molecule has 0 atom stereocenters. The molecular weight excluding hydrogens is 405 g/mol. The standard InChI is InChI=1S/C15H12Cl3N5O3/c1-21-13-12(14(25)22(2)15(21)26)23(6-19-13)5-10(24)20-11-8(17)3-7(16)4-9(11)18/h3-4,6H,5H2,1-2H3,(H,20,24). The number of aromatic nitrogens is 4. The summed E-state index contributed by atoms with van der Waals surface area (Å²) in [5, 5.41) is 3.29. The molecule has 3 aromatic rings. The van der Waals surface area contributed by atoms with E-state index in [2.05, 4.69) is 10.3 Å². The van der Waals surface area contributed by atoms with Gasteiger partial charge in [0.25, 0.3) is 5.56 Å². The van der Waals surface area contributed by atoms with E-state index in [4.69, 9.17) is 34.8 Å². The Balaban J connectivity index is 1.97. The highest BCUT2D eigenvalue weighted by atomic mass is 35.5. The predicted molar refractivity (Wildman–Crippen MR) is 100 cm³/mol. The van der Waals surface area contributed by atoms with Crippen LogP contribution >= 0.6 is 34.8 Å². The normalized spacial score (nSPS) is 11.1. The molecule has 3 rings (SSSR count). The Kier molecular flexibility index (Phi) is 4.83. The second kappa shape index (κ2) is 6.79. The minimum absolute atomic E-state index is 0.137. The lowest BCUT2D eigenvalue weighted by atomic mass is 10.3. The SMILES string of the molecule is Cn1c(=O)c2c(ncn2CC(=O)Nc2c(Cl)cc(Cl)cc2Cl)n(C)c1=O. The van der Waals surface area contributed by atoms with Crippen molar-refractivity contribution >= 4 is 57.6 Å². The molecular formula is C15H12Cl3N5O3. The lowest BCUT2D eigenvalue weighted by Crippen LogP contribution is -2.37. The number of halogens is 3. The van der Waals surface area contributed by atoms with Crippen LogP contribution in [0.1, 0.15) is 0 Å². The van der Waals surface area contributed by atoms with E-state index in [1.165, 1.54) is 41.7 Å². The first-order valence-electron chi connectivity index (χ1n) is 7.26. The summed E-state index contributed by atoms with van der Waals surface area (Å²) in [6.07, 6.45) is 1.32. The molecule has 0 aliphatic heterocycles. The molecule has 136 valence electrons. The Morgan fingerprint density at radius 1 is 1.12 bits per heavy atom. The summed E-state index contributed by atoms with van der Waals surface area (Å²) in [5.41, 5.74) is -0.508. The van der Waals surface area contributed by atoms with Gasteiger partial charge in [0, 0.05) is 19.1 Å². The summed E-state index contributed by atoms with van der Waals surface area (Å²) in [6, 6.07) is 2.89. The van der Waals surface area contributed by atoms with Crippen molar-refractivity contribution in [2.75, 3.05) is 5.32 Å². The van der Waals surface area contributed by atoms with Crippen molar-refractivity contribution < 1.29 is 4.79 Å². The first kappa shape index (κ1) is 18.5. The number of carbonyl (C=O) groups excluding carboxylic acids is 1. The van der Waals surface area contributed by atoms with Gasteiger partial charge >= 0.3 is 5.69 Å². The minimum Gasteiger partial charge on any atom is -0.322 e. The van der Waals surface area contributed by atoms with Crippen molar-refractivity contribution in [1.82, 2.24) is 18.7 Å². The minimum atomic E-state index is -0.545. The number of nitrogens with zero attached hydrogens (tertiary/aromatic N) is 4. The average Bonchev–Trinajstić information content (AvgIpc) is 2.98. The van der Waals surface area contributed by atoms with E-state index < -0.39 is 17.2 Å². The molecule has 1 aromatic carbocycles. The summed E-state index contributed by atoms with van der Waals surface area (Å²) in [5.74, 6) is -0.480. The van der Waals surface area contributed by atoms with Gasteiger partial charge in [0.05, 0.1) is 22.1 Å². The molecule has 0 saturated carbocycles. The Labute approximate surface area is 161 Å². The number of benzene rings is 1. The predicted octanol–water partition coefficient (Wildman–Crippen LogP) is 2.03. The van der Waals surface area contributed by atoms with Crippen LogP contribution in [0.15, 0.2) is 28.0 Å². The fourth-order valence-electron chi connectivity index (χ4n) is 2.51. The van der Waals surface area contributed by atoms with E-state index in [1.807, 2.05) is 0 Å². The highest BCUT2D eigenvalue weighted by molar-refractivity contribution is 6.42. The number of amides is 1. The van der Waals surface area contributed by atoms with Gasteiger partial charge in [0.2, 0.25) is 5.91 Å². The first-order chi connectivity index (χ1) is 12.2. The number of nitrogens with one attached hydrogen (secondary N) is 1. The van der Waals surface area contributed by atoms with Gasteiger partial charge in [-0.25, -0.2) is 9.78 Å². The van der Waals surface area contributed by atoms with E-state index in [0.29, 0.717) is 5.02 Å². The van der Waals surface area contributed by atoms with Gasteiger partial charge < -0.3 is 9.88 Å². The molecule has 26 heavy (non-hydrogen) atoms. The van der Waals surface area contributed by atoms with Crippen molar-refractivity contribution in [3.8, 4) is 0 Å². The number of hydrogen-bond acceptors (Lipinski definition) is 4. The molecule has 0 spiro atoms. The molecule has 0 fully saturated rings. The van der Waals surface area contributed by atoms with Crippen LogP contribution in [0.5, 0.6) is 0 Å². The van der Waals surface area contributed by atoms with Gasteiger partial charge in [0.15, 0.2) is 11.2 Å². The molecule has 1 N–H and O–H groups in total. The lowest BCUT2D eigenvalue weighted by Gasteiger charge is -2.11. The van der Waals surface area contributed by atoms with Gasteiger partial charge in [-0.1, -0.05) is 34.8 Å². The smallest absolute Gasteiger partial charge is 0.322 e. The van der Waals surface area contributed by atoms with E-state index in [9.17, 15) is 14.4 Å². The number of fused-ring (bicyclic) bond motifs is 1. The van der Waals surface area contributed by atoms with E-state index in [0.717, 1.165) is 4.57 Å². The van der Waals surface area contributed by atoms with E-state index >= 15 is 0 Å². The molecule has 11 heteroatoms. The summed E-state index contributed by atoms with van der Waals surface area (Å²) >= 11 is 17.9. The molecule has 0 bridgehead atoms. The largest absolute Gasteiger partial charge is 0.332 e. The number of hydrogen-bond donors (Lipinski definition) is 1. The maximum atomic E-state index is 12.4. The zero-order chi connectivity index (χ0) is 19.2. The van der Waals surface area contributed by atoms with Gasteiger partial charge in [-0.15, -0.1) is 0 Å². The van der Waals surface area contributed by atoms with Gasteiger partial charge in [0.1, 0.15) is 6.54 Å². The fourth-order valence-corrected chi connectivity index (χ4v) is 3.42. The highest BCUT2D eigenvalue weighted by Gasteiger charge is 2.17. The lowest BCUT2D eigenvalue weighted by molar-refractivity contribution is -0.116. The highest BCUT2D eigenvalue weighted by Crippen LogP contribution is 2.33. The average molecular weight is 417 g/mol. The van der Waals surface area contributed by atoms with Crippen LogP contribution in [-0.4, -0.2) is 24.6 Å². The molecule has 8 nitrogen and oxygen atoms in total. The molecule has 0 aliphatic rings. The fraction of sp³-hybridized carbons (Fsp3) is 0.200. The van der Waals surface area contributed by atoms with Crippen LogP contribution in [0, 0.1) is 0 Å². The topological polar surface area (TPSA) is 90.9 Å². The number of rotatable bonds is 3. The molecule has 0 unspecified atom stereocenters. The molecule has 2 aromatic heterocycles. The zero-order valence-corrected chi connectivity index (χ0v) is 15.9. The number of imidazole rings is 1. The summed E-state index contributed by atoms with van der Waals surface area (Å²) < 4.78 is 3.54. The first-order valence-corrected chi connectivity index (χ1v) is 8.39. The quantitative estimate of drug-likeness (QED) is 0.707. The van der Waals surface area contributed by atoms with Crippen LogP contribution in [0.3, 0.4) is 0 Å². The number of aryl methyl sites for hydroxylation is 1. The van der Waals surface area contributed by atoms with Crippen LogP contribution < -0.4 is 16.6 Å². The maximum absolute atomic E-state index is 12.4. The van der Waals surface area contributed by atoms with E-state index in [1.54, 1.807) is 0 Å². The molecule has 1 amide bonds. The molecule has 2 heterocycles. The molecule has 0 saturated heterocycles. The van der Waals surface area contributed by atoms with Crippen LogP contribution in [-0.2, 0) is 25.4 Å². The summed E-state index contributed by atoms with van der Waals surface area (Å²) in [7, 11) is 2.85. The second-order valence-corrected chi connectivity index (χ2v) is 6.79. The van der Waals surface area contributed by atoms with Gasteiger partial charge in [-0.2, -0.15) is 0 Å². The van der Waals surface area contributed by atoms with Gasteiger partial charge in [-0.05, 0) is 12.1 Å². The van der Waals surface area contributed by atoms with Crippen molar-refractivity contribution in [1.29, 1.82) is 0 Å². The van der Waals surface area contributed by atoms with Crippen molar-refractivity contribution in [2.24, 2.45) is 14.1 Å². The Morgan fingerprint density at radius 2 is 1.73 bits per heavy atom. The third-order valence-corrected chi connectivity index (χ3v) is 4.62. The molecule has 0 radical (unpaired) electrons. The van der Waals surface area contributed by atoms with Crippen molar-refractivity contribution in [3.05, 3.63) is 54.4 Å². The van der Waals surface area contributed by atoms with Crippen molar-refractivity contribution in [2.45, 2.75) is 6.54 Å². The Hall–Kier alpha value is -2.29. The van der Waals surface area contributed by atoms with Crippen LogP contribution in [0.25, 0.3) is 11.2 Å². The second-order valence-electron chi connectivity index (χ2n) is 5.54. The Bertz CT molecular complexity index is 1140. The third kappa shape index (κ3) is 3.11. The number of anilines is 1. The van der Waals surface area contributed by atoms with Crippen LogP contribution in [0.2, 0.25) is 15.1 Å². The maximum Gasteiger partial charge on any atom is 0.332 e. The van der Waals surface area contributed by atoms with Crippen molar-refractivity contribution in [3.63, 3.8) is 0 Å². The summed E-state index contributed by atoms with van der Waals surface area (Å²) in [4.78, 5) is 40.7. The third-order valence-electron chi connectivity index (χ3n) is 3.80. The van der Waals surface area contributed by atoms with Gasteiger partial charge in [-0.3, -0.25) is 18.7 Å². The Morgan fingerprint density at radius 3 is 2.35 bits per heavy atom. The monoisotopic (exact) mass is 415 g/mol. The zero-order valence-electron chi connectivity index (χ0n) is 13.6. The summed E-state index contributed by atoms with van der Waals surface area (Å²) in [6.45, 7) is -0.223. The molecule has 0 aliphatic carbocycles. The van der Waals surface area contributed by atoms with E-state index in [-0.39, 0.29) is 33.4 Å². The number of carbonyl (C=O) groups is 1.